The van der Waals surface area contributed by atoms with Crippen molar-refractivity contribution in [2.75, 3.05) is 6.54 Å². The first-order chi connectivity index (χ1) is 18.1. The number of nitrogens with zero attached hydrogens (tertiary/aromatic N) is 3. The molecule has 1 atom stereocenters. The van der Waals surface area contributed by atoms with Crippen molar-refractivity contribution in [3.05, 3.63) is 41.6 Å². The Hall–Kier alpha value is -3.70. The van der Waals surface area contributed by atoms with Gasteiger partial charge in [0.2, 0.25) is 5.91 Å². The van der Waals surface area contributed by atoms with E-state index in [-0.39, 0.29) is 48.8 Å². The highest BCUT2D eigenvalue weighted by molar-refractivity contribution is 6.03. The Morgan fingerprint density at radius 2 is 1.79 bits per heavy atom. The van der Waals surface area contributed by atoms with E-state index in [0.29, 0.717) is 12.8 Å². The molecule has 1 aromatic heterocycles. The normalized spacial score (nSPS) is 18.7. The van der Waals surface area contributed by atoms with E-state index in [1.165, 1.54) is 28.9 Å². The number of aliphatic carboxylic acids is 1. The van der Waals surface area contributed by atoms with Gasteiger partial charge >= 0.3 is 12.1 Å². The topological polar surface area (TPSA) is 122 Å². The zero-order chi connectivity index (χ0) is 27.4. The summed E-state index contributed by atoms with van der Waals surface area (Å²) in [5.74, 6) is -2.68. The lowest BCUT2D eigenvalue weighted by molar-refractivity contribution is -0.149. The van der Waals surface area contributed by atoms with Gasteiger partial charge in [-0.05, 0) is 44.2 Å². The van der Waals surface area contributed by atoms with Crippen LogP contribution in [0.5, 0.6) is 0 Å². The number of unbranched alkanes of at least 4 members (excludes halogenated alkanes) is 1. The number of piperidine rings is 1. The fraction of sp³-hybridized carbons (Fsp3) is 0.500. The first-order valence-corrected chi connectivity index (χ1v) is 12.7. The number of halogens is 3. The van der Waals surface area contributed by atoms with Gasteiger partial charge in [0.15, 0.2) is 5.69 Å². The molecule has 204 valence electrons. The van der Waals surface area contributed by atoms with Gasteiger partial charge in [0.1, 0.15) is 6.04 Å². The van der Waals surface area contributed by atoms with Crippen LogP contribution in [0.25, 0.3) is 11.3 Å². The van der Waals surface area contributed by atoms with Gasteiger partial charge in [-0.25, -0.2) is 0 Å². The molecule has 1 aromatic carbocycles. The van der Waals surface area contributed by atoms with Gasteiger partial charge in [-0.2, -0.15) is 18.3 Å². The first kappa shape index (κ1) is 27.3. The highest BCUT2D eigenvalue weighted by atomic mass is 19.4. The number of benzene rings is 1. The Kier molecular flexibility index (Phi) is 8.17. The number of alkyl halides is 3. The zero-order valence-electron chi connectivity index (χ0n) is 20.7. The van der Waals surface area contributed by atoms with E-state index < -0.39 is 41.5 Å². The molecule has 0 spiro atoms. The number of rotatable bonds is 9. The number of imide groups is 1. The average Bonchev–Trinajstić information content (AvgIpc) is 3.55. The number of aromatic nitrogens is 2. The number of amides is 3. The van der Waals surface area contributed by atoms with E-state index >= 15 is 0 Å². The fourth-order valence-corrected chi connectivity index (χ4v) is 5.07. The molecule has 9 nitrogen and oxygen atoms in total. The highest BCUT2D eigenvalue weighted by Crippen LogP contribution is 2.40. The quantitative estimate of drug-likeness (QED) is 0.368. The van der Waals surface area contributed by atoms with Crippen molar-refractivity contribution in [2.45, 2.75) is 76.0 Å². The Labute approximate surface area is 217 Å². The van der Waals surface area contributed by atoms with Crippen molar-refractivity contribution in [2.24, 2.45) is 0 Å². The maximum atomic E-state index is 13.8. The SMILES string of the molecule is O=C(O)CCCCN1C(=O)CC[C@H](NC(=O)c2cc(-c3ccccc3C(F)(F)F)n(C3CCCC3)n2)C1=O. The van der Waals surface area contributed by atoms with Crippen LogP contribution in [-0.4, -0.2) is 56.1 Å². The van der Waals surface area contributed by atoms with E-state index in [2.05, 4.69) is 10.4 Å². The number of carbonyl (C=O) groups excluding carboxylic acids is 3. The molecule has 1 saturated carbocycles. The van der Waals surface area contributed by atoms with Gasteiger partial charge in [0, 0.05) is 24.9 Å². The van der Waals surface area contributed by atoms with Gasteiger partial charge in [-0.1, -0.05) is 31.0 Å². The molecular formula is C26H29F3N4O5. The average molecular weight is 535 g/mol. The number of hydrogen-bond acceptors (Lipinski definition) is 5. The van der Waals surface area contributed by atoms with E-state index in [0.717, 1.165) is 36.6 Å². The van der Waals surface area contributed by atoms with Crippen LogP contribution in [0.4, 0.5) is 13.2 Å². The van der Waals surface area contributed by atoms with E-state index in [9.17, 15) is 32.3 Å². The maximum absolute atomic E-state index is 13.8. The van der Waals surface area contributed by atoms with Crippen molar-refractivity contribution in [3.63, 3.8) is 0 Å². The standard InChI is InChI=1S/C26H29F3N4O5/c27-26(28,29)18-10-4-3-9-17(18)21-15-20(31-33(21)16-7-1-2-8-16)24(37)30-19-12-13-22(34)32(25(19)38)14-6-5-11-23(35)36/h3-4,9-10,15-16,19H,1-2,5-8,11-14H2,(H,30,37)(H,35,36)/t19-/m0/s1. The van der Waals surface area contributed by atoms with Crippen LogP contribution in [0.15, 0.2) is 30.3 Å². The molecule has 1 saturated heterocycles. The lowest BCUT2D eigenvalue weighted by Crippen LogP contribution is -2.54. The number of carboxylic acid groups (broad SMARTS) is 1. The summed E-state index contributed by atoms with van der Waals surface area (Å²) in [6.07, 6.45) is -0.702. The van der Waals surface area contributed by atoms with Gasteiger partial charge < -0.3 is 10.4 Å². The summed E-state index contributed by atoms with van der Waals surface area (Å²) in [5.41, 5.74) is -0.835. The van der Waals surface area contributed by atoms with Crippen molar-refractivity contribution >= 4 is 23.7 Å². The van der Waals surface area contributed by atoms with Crippen molar-refractivity contribution in [3.8, 4) is 11.3 Å². The summed E-state index contributed by atoms with van der Waals surface area (Å²) in [6, 6.07) is 5.32. The second-order valence-corrected chi connectivity index (χ2v) is 9.64. The Bertz CT molecular complexity index is 1220. The molecule has 2 N–H and O–H groups in total. The Balaban J connectivity index is 1.55. The largest absolute Gasteiger partial charge is 0.481 e. The van der Waals surface area contributed by atoms with Crippen LogP contribution in [0.1, 0.15) is 79.9 Å². The van der Waals surface area contributed by atoms with Crippen LogP contribution in [0.2, 0.25) is 0 Å². The predicted octanol–water partition coefficient (Wildman–Crippen LogP) is 4.19. The molecule has 0 bridgehead atoms. The second-order valence-electron chi connectivity index (χ2n) is 9.64. The predicted molar refractivity (Wildman–Crippen MR) is 129 cm³/mol. The third-order valence-corrected chi connectivity index (χ3v) is 6.99. The molecule has 38 heavy (non-hydrogen) atoms. The van der Waals surface area contributed by atoms with Crippen molar-refractivity contribution in [1.29, 1.82) is 0 Å². The third-order valence-electron chi connectivity index (χ3n) is 6.99. The molecule has 2 aliphatic rings. The minimum absolute atomic E-state index is 0.0241. The molecule has 0 radical (unpaired) electrons. The fourth-order valence-electron chi connectivity index (χ4n) is 5.07. The minimum atomic E-state index is -4.60. The molecule has 3 amide bonds. The van der Waals surface area contributed by atoms with Gasteiger partial charge in [-0.3, -0.25) is 28.8 Å². The summed E-state index contributed by atoms with van der Waals surface area (Å²) in [6.45, 7) is 0.0476. The van der Waals surface area contributed by atoms with E-state index in [1.54, 1.807) is 0 Å². The molecule has 1 aliphatic carbocycles. The van der Waals surface area contributed by atoms with Gasteiger partial charge in [0.05, 0.1) is 17.3 Å². The zero-order valence-corrected chi connectivity index (χ0v) is 20.7. The van der Waals surface area contributed by atoms with Gasteiger partial charge in [0.25, 0.3) is 11.8 Å². The van der Waals surface area contributed by atoms with Crippen molar-refractivity contribution < 1.29 is 37.5 Å². The van der Waals surface area contributed by atoms with Crippen LogP contribution in [-0.2, 0) is 20.6 Å². The monoisotopic (exact) mass is 534 g/mol. The third kappa shape index (κ3) is 6.05. The Morgan fingerprint density at radius 3 is 2.47 bits per heavy atom. The lowest BCUT2D eigenvalue weighted by atomic mass is 10.0. The first-order valence-electron chi connectivity index (χ1n) is 12.7. The Morgan fingerprint density at radius 1 is 1.08 bits per heavy atom. The van der Waals surface area contributed by atoms with E-state index in [4.69, 9.17) is 5.11 Å². The van der Waals surface area contributed by atoms with Crippen molar-refractivity contribution in [1.82, 2.24) is 20.0 Å². The summed E-state index contributed by atoms with van der Waals surface area (Å²) in [7, 11) is 0. The molecule has 2 aromatic rings. The molecule has 2 fully saturated rings. The second kappa shape index (κ2) is 11.4. The van der Waals surface area contributed by atoms with Gasteiger partial charge in [-0.15, -0.1) is 0 Å². The van der Waals surface area contributed by atoms with Crippen LogP contribution in [0.3, 0.4) is 0 Å². The summed E-state index contributed by atoms with van der Waals surface area (Å²) < 4.78 is 42.8. The lowest BCUT2D eigenvalue weighted by Gasteiger charge is -2.30. The molecule has 0 unspecified atom stereocenters. The molecule has 4 rings (SSSR count). The smallest absolute Gasteiger partial charge is 0.417 e. The van der Waals surface area contributed by atoms with Crippen LogP contribution < -0.4 is 5.32 Å². The van der Waals surface area contributed by atoms with Crippen LogP contribution in [0, 0.1) is 0 Å². The number of carboxylic acids is 1. The summed E-state index contributed by atoms with van der Waals surface area (Å²) in [5, 5.41) is 15.7. The minimum Gasteiger partial charge on any atom is -0.481 e. The number of carbonyl (C=O) groups is 4. The molecular weight excluding hydrogens is 505 g/mol. The summed E-state index contributed by atoms with van der Waals surface area (Å²) in [4.78, 5) is 50.0. The summed E-state index contributed by atoms with van der Waals surface area (Å²) >= 11 is 0. The van der Waals surface area contributed by atoms with E-state index in [1.807, 2.05) is 0 Å². The maximum Gasteiger partial charge on any atom is 0.417 e. The molecule has 2 heterocycles. The number of likely N-dealkylation sites (tertiary alicyclic amines) is 1. The van der Waals surface area contributed by atoms with Crippen LogP contribution >= 0.6 is 0 Å². The molecule has 1 aliphatic heterocycles. The molecule has 12 heteroatoms. The highest BCUT2D eigenvalue weighted by Gasteiger charge is 2.37. The number of hydrogen-bond donors (Lipinski definition) is 2. The number of nitrogens with one attached hydrogen (secondary N) is 1.